The number of nitrogens with zero attached hydrogens (tertiary/aromatic N) is 4. The number of hydrogen-bond acceptors (Lipinski definition) is 5. The second-order valence-corrected chi connectivity index (χ2v) is 8.60. The smallest absolute Gasteiger partial charge is 0.295 e. The minimum atomic E-state index is -3.39. The molecule has 1 aliphatic carbocycles. The summed E-state index contributed by atoms with van der Waals surface area (Å²) in [6.07, 6.45) is 0.561. The van der Waals surface area contributed by atoms with Crippen LogP contribution in [0.25, 0.3) is 16.6 Å². The van der Waals surface area contributed by atoms with Crippen molar-refractivity contribution >= 4 is 22.4 Å². The van der Waals surface area contributed by atoms with E-state index >= 15 is 0 Å². The Hall–Kier alpha value is -3.47. The summed E-state index contributed by atoms with van der Waals surface area (Å²) in [5.41, 5.74) is -1.10. The number of pyridine rings is 1. The van der Waals surface area contributed by atoms with E-state index in [9.17, 15) is 22.4 Å². The number of aliphatic hydroxyl groups excluding tert-OH is 1. The Kier molecular flexibility index (Phi) is 5.12. The fourth-order valence-electron chi connectivity index (χ4n) is 4.19. The fraction of sp³-hybridized carbons (Fsp3) is 0.348. The lowest BCUT2D eigenvalue weighted by Gasteiger charge is -2.21. The van der Waals surface area contributed by atoms with Gasteiger partial charge in [0.2, 0.25) is 0 Å². The molecular formula is C23H21F4N5O2. The lowest BCUT2D eigenvalue weighted by molar-refractivity contribution is -0.0556. The molecule has 4 aromatic rings. The van der Waals surface area contributed by atoms with E-state index in [1.165, 1.54) is 41.2 Å². The van der Waals surface area contributed by atoms with Crippen LogP contribution in [-0.2, 0) is 11.5 Å². The number of aliphatic hydroxyl groups is 1. The van der Waals surface area contributed by atoms with Gasteiger partial charge in [-0.15, -0.1) is 0 Å². The molecule has 0 radical (unpaired) electrons. The number of aromatic nitrogens is 4. The summed E-state index contributed by atoms with van der Waals surface area (Å²) in [5.74, 6) is -3.09. The van der Waals surface area contributed by atoms with E-state index in [1.54, 1.807) is 19.1 Å². The third-order valence-electron chi connectivity index (χ3n) is 6.37. The summed E-state index contributed by atoms with van der Waals surface area (Å²) in [7, 11) is 0. The molecule has 3 heterocycles. The molecule has 1 aromatic carbocycles. The van der Waals surface area contributed by atoms with E-state index in [1.807, 2.05) is 0 Å². The maximum absolute atomic E-state index is 14.0. The van der Waals surface area contributed by atoms with Gasteiger partial charge in [0, 0.05) is 29.9 Å². The molecule has 0 amide bonds. The number of benzene rings is 1. The molecule has 2 N–H and O–H groups in total. The molecule has 0 aliphatic heterocycles. The largest absolute Gasteiger partial charge is 0.390 e. The van der Waals surface area contributed by atoms with Crippen LogP contribution in [0.15, 0.2) is 53.6 Å². The average molecular weight is 475 g/mol. The zero-order valence-corrected chi connectivity index (χ0v) is 18.1. The van der Waals surface area contributed by atoms with Crippen LogP contribution < -0.4 is 10.9 Å². The van der Waals surface area contributed by atoms with Crippen LogP contribution in [0.4, 0.5) is 23.4 Å². The van der Waals surface area contributed by atoms with Crippen molar-refractivity contribution < 1.29 is 22.7 Å². The van der Waals surface area contributed by atoms with Gasteiger partial charge in [-0.2, -0.15) is 13.9 Å². The van der Waals surface area contributed by atoms with Crippen LogP contribution in [-0.4, -0.2) is 37.3 Å². The second kappa shape index (κ2) is 7.79. The lowest BCUT2D eigenvalue weighted by Crippen LogP contribution is -2.35. The summed E-state index contributed by atoms with van der Waals surface area (Å²) in [5, 5.41) is 16.7. The predicted molar refractivity (Wildman–Crippen MR) is 117 cm³/mol. The molecular weight excluding hydrogens is 454 g/mol. The first kappa shape index (κ1) is 22.3. The third kappa shape index (κ3) is 3.51. The van der Waals surface area contributed by atoms with E-state index in [2.05, 4.69) is 15.4 Å². The third-order valence-corrected chi connectivity index (χ3v) is 6.37. The van der Waals surface area contributed by atoms with Gasteiger partial charge in [-0.05, 0) is 31.4 Å². The molecule has 1 unspecified atom stereocenters. The van der Waals surface area contributed by atoms with Crippen molar-refractivity contribution in [3.63, 3.8) is 0 Å². The van der Waals surface area contributed by atoms with Gasteiger partial charge < -0.3 is 15.0 Å². The van der Waals surface area contributed by atoms with Crippen molar-refractivity contribution in [1.82, 2.24) is 19.2 Å². The minimum Gasteiger partial charge on any atom is -0.390 e. The number of halogens is 4. The van der Waals surface area contributed by atoms with Gasteiger partial charge in [-0.25, -0.2) is 18.3 Å². The molecule has 178 valence electrons. The first-order valence-electron chi connectivity index (χ1n) is 10.7. The number of hydrogen-bond donors (Lipinski definition) is 2. The molecule has 11 heteroatoms. The Morgan fingerprint density at radius 2 is 2.00 bits per heavy atom. The highest BCUT2D eigenvalue weighted by molar-refractivity contribution is 5.90. The van der Waals surface area contributed by atoms with E-state index in [0.717, 1.165) is 4.57 Å². The topological polar surface area (TPSA) is 84.5 Å². The molecule has 1 aliphatic rings. The molecule has 3 aromatic heterocycles. The van der Waals surface area contributed by atoms with Crippen molar-refractivity contribution in [2.75, 3.05) is 11.9 Å². The van der Waals surface area contributed by atoms with Crippen LogP contribution in [0.5, 0.6) is 0 Å². The molecule has 1 atom stereocenters. The molecule has 1 saturated carbocycles. The molecule has 0 saturated heterocycles. The Morgan fingerprint density at radius 1 is 1.24 bits per heavy atom. The Balaban J connectivity index is 1.62. The SMILES string of the molecule is CC(Nc1nc2ccnn2c2cc(=O)n(C3(C(F)F)CC3)cc12)c1cccc(C(F)(F)CO)c1. The van der Waals surface area contributed by atoms with Crippen LogP contribution in [0.3, 0.4) is 0 Å². The van der Waals surface area contributed by atoms with E-state index in [4.69, 9.17) is 5.11 Å². The normalized spacial score (nSPS) is 16.3. The predicted octanol–water partition coefficient (Wildman–Crippen LogP) is 4.06. The van der Waals surface area contributed by atoms with Gasteiger partial charge >= 0.3 is 0 Å². The van der Waals surface area contributed by atoms with Crippen LogP contribution in [0.1, 0.15) is 36.9 Å². The van der Waals surface area contributed by atoms with Gasteiger partial charge in [0.1, 0.15) is 18.0 Å². The standard InChI is InChI=1S/C23H21F4N5O2/c1-13(14-3-2-4-15(9-14)23(26,27)12-33)29-20-16-11-31(22(6-7-22)21(24)25)19(34)10-17(16)32-18(30-20)5-8-28-32/h2-5,8-11,13,21,33H,6-7,12H2,1H3,(H,29,30). The summed E-state index contributed by atoms with van der Waals surface area (Å²) < 4.78 is 58.0. The van der Waals surface area contributed by atoms with Crippen LogP contribution in [0, 0.1) is 0 Å². The molecule has 7 nitrogen and oxygen atoms in total. The highest BCUT2D eigenvalue weighted by Gasteiger charge is 2.53. The van der Waals surface area contributed by atoms with Crippen molar-refractivity contribution in [2.45, 2.75) is 43.7 Å². The van der Waals surface area contributed by atoms with Crippen molar-refractivity contribution in [2.24, 2.45) is 0 Å². The van der Waals surface area contributed by atoms with E-state index in [0.29, 0.717) is 27.9 Å². The molecule has 0 bridgehead atoms. The Morgan fingerprint density at radius 3 is 2.68 bits per heavy atom. The van der Waals surface area contributed by atoms with Crippen LogP contribution in [0.2, 0.25) is 0 Å². The molecule has 34 heavy (non-hydrogen) atoms. The second-order valence-electron chi connectivity index (χ2n) is 8.60. The number of alkyl halides is 4. The summed E-state index contributed by atoms with van der Waals surface area (Å²) >= 11 is 0. The molecule has 1 fully saturated rings. The summed E-state index contributed by atoms with van der Waals surface area (Å²) in [4.78, 5) is 17.3. The minimum absolute atomic E-state index is 0.193. The number of anilines is 1. The summed E-state index contributed by atoms with van der Waals surface area (Å²) in [6.45, 7) is 0.424. The Bertz CT molecular complexity index is 1440. The highest BCUT2D eigenvalue weighted by Crippen LogP contribution is 2.48. The first-order valence-corrected chi connectivity index (χ1v) is 10.7. The fourth-order valence-corrected chi connectivity index (χ4v) is 4.19. The van der Waals surface area contributed by atoms with Gasteiger partial charge in [0.25, 0.3) is 17.9 Å². The maximum Gasteiger partial charge on any atom is 0.295 e. The van der Waals surface area contributed by atoms with Gasteiger partial charge in [-0.1, -0.05) is 18.2 Å². The number of fused-ring (bicyclic) bond motifs is 3. The van der Waals surface area contributed by atoms with Crippen molar-refractivity contribution in [1.29, 1.82) is 0 Å². The first-order chi connectivity index (χ1) is 16.2. The zero-order chi connectivity index (χ0) is 24.3. The van der Waals surface area contributed by atoms with E-state index < -0.39 is 36.1 Å². The van der Waals surface area contributed by atoms with Gasteiger partial charge in [0.15, 0.2) is 5.65 Å². The number of nitrogens with one attached hydrogen (secondary N) is 1. The maximum atomic E-state index is 14.0. The van der Waals surface area contributed by atoms with Crippen molar-refractivity contribution in [3.05, 3.63) is 70.3 Å². The monoisotopic (exact) mass is 475 g/mol. The zero-order valence-electron chi connectivity index (χ0n) is 18.1. The molecule has 5 rings (SSSR count). The van der Waals surface area contributed by atoms with Crippen LogP contribution >= 0.6 is 0 Å². The van der Waals surface area contributed by atoms with Crippen molar-refractivity contribution in [3.8, 4) is 0 Å². The number of rotatable bonds is 7. The van der Waals surface area contributed by atoms with E-state index in [-0.39, 0.29) is 18.4 Å². The van der Waals surface area contributed by atoms with Gasteiger partial charge in [-0.3, -0.25) is 4.79 Å². The molecule has 0 spiro atoms. The lowest BCUT2D eigenvalue weighted by atomic mass is 10.0. The Labute approximate surface area is 190 Å². The summed E-state index contributed by atoms with van der Waals surface area (Å²) in [6, 6.07) is 8.02. The quantitative estimate of drug-likeness (QED) is 0.394. The average Bonchev–Trinajstić information content (AvgIpc) is 3.50. The highest BCUT2D eigenvalue weighted by atomic mass is 19.3. The van der Waals surface area contributed by atoms with Gasteiger partial charge in [0.05, 0.1) is 17.1 Å².